The van der Waals surface area contributed by atoms with E-state index in [1.54, 1.807) is 13.0 Å². The molecule has 0 saturated heterocycles. The summed E-state index contributed by atoms with van der Waals surface area (Å²) in [4.78, 5) is 21.9. The number of hydrogen-bond donors (Lipinski definition) is 0. The van der Waals surface area contributed by atoms with Crippen molar-refractivity contribution in [2.45, 2.75) is 12.8 Å². The fourth-order valence-corrected chi connectivity index (χ4v) is 1.73. The molecule has 0 spiro atoms. The number of carbonyl (C=O) groups excluding carboxylic acids is 1. The van der Waals surface area contributed by atoms with Crippen LogP contribution in [0.5, 0.6) is 0 Å². The number of nitro benzene ring substituents is 1. The number of nitro groups is 1. The largest absolute Gasteiger partial charge is 0.462 e. The fourth-order valence-electron chi connectivity index (χ4n) is 1.46. The molecule has 0 aliphatic heterocycles. The normalized spacial score (nSPS) is 9.61. The predicted octanol–water partition coefficient (Wildman–Crippen LogP) is 2.38. The molecule has 1 rings (SSSR count). The number of esters is 1. The Balaban J connectivity index is 3.50. The highest BCUT2D eigenvalue weighted by atomic mass is 35.5. The lowest BCUT2D eigenvalue weighted by molar-refractivity contribution is -0.385. The highest BCUT2D eigenvalue weighted by Gasteiger charge is 2.27. The highest BCUT2D eigenvalue weighted by Crippen LogP contribution is 2.29. The van der Waals surface area contributed by atoms with Crippen molar-refractivity contribution in [2.24, 2.45) is 0 Å². The zero-order valence-electron chi connectivity index (χ0n) is 9.47. The molecule has 0 amide bonds. The van der Waals surface area contributed by atoms with Gasteiger partial charge in [-0.1, -0.05) is 0 Å². The van der Waals surface area contributed by atoms with Gasteiger partial charge in [0, 0.05) is 0 Å². The van der Waals surface area contributed by atoms with Gasteiger partial charge in [0.2, 0.25) is 0 Å². The Morgan fingerprint density at radius 2 is 2.28 bits per heavy atom. The van der Waals surface area contributed by atoms with E-state index in [4.69, 9.17) is 21.6 Å². The summed E-state index contributed by atoms with van der Waals surface area (Å²) in [7, 11) is 0. The number of nitrogens with zero attached hydrogens (tertiary/aromatic N) is 2. The van der Waals surface area contributed by atoms with Gasteiger partial charge in [-0.2, -0.15) is 5.26 Å². The molecule has 0 saturated carbocycles. The summed E-state index contributed by atoms with van der Waals surface area (Å²) in [6, 6.07) is 4.31. The summed E-state index contributed by atoms with van der Waals surface area (Å²) in [5, 5.41) is 19.8. The SMILES string of the molecule is CCOC(=O)c1ccc(C#N)c(CCl)c1[N+](=O)[O-]. The molecule has 7 heteroatoms. The molecule has 0 radical (unpaired) electrons. The van der Waals surface area contributed by atoms with E-state index < -0.39 is 16.6 Å². The first-order valence-corrected chi connectivity index (χ1v) is 5.53. The monoisotopic (exact) mass is 268 g/mol. The van der Waals surface area contributed by atoms with Gasteiger partial charge in [0.15, 0.2) is 0 Å². The maximum atomic E-state index is 11.6. The Kier molecular flexibility index (Phi) is 4.63. The maximum Gasteiger partial charge on any atom is 0.345 e. The van der Waals surface area contributed by atoms with Crippen LogP contribution in [-0.2, 0) is 10.6 Å². The first-order valence-electron chi connectivity index (χ1n) is 5.00. The molecule has 1 aromatic rings. The van der Waals surface area contributed by atoms with Crippen molar-refractivity contribution in [3.8, 4) is 6.07 Å². The molecule has 0 unspecified atom stereocenters. The van der Waals surface area contributed by atoms with E-state index in [2.05, 4.69) is 0 Å². The maximum absolute atomic E-state index is 11.6. The fraction of sp³-hybridized carbons (Fsp3) is 0.273. The molecule has 6 nitrogen and oxygen atoms in total. The van der Waals surface area contributed by atoms with Gasteiger partial charge in [-0.05, 0) is 19.1 Å². The third-order valence-corrected chi connectivity index (χ3v) is 2.48. The van der Waals surface area contributed by atoms with E-state index in [1.807, 2.05) is 0 Å². The van der Waals surface area contributed by atoms with Crippen molar-refractivity contribution in [3.63, 3.8) is 0 Å². The van der Waals surface area contributed by atoms with Gasteiger partial charge >= 0.3 is 5.97 Å². The molecule has 0 aromatic heterocycles. The standard InChI is InChI=1S/C11H9ClN2O4/c1-2-18-11(15)8-4-3-7(6-13)9(5-12)10(8)14(16)17/h3-4H,2,5H2,1H3. The van der Waals surface area contributed by atoms with Crippen LogP contribution in [0.25, 0.3) is 0 Å². The molecular formula is C11H9ClN2O4. The summed E-state index contributed by atoms with van der Waals surface area (Å²) in [6.45, 7) is 1.70. The lowest BCUT2D eigenvalue weighted by Crippen LogP contribution is -2.10. The van der Waals surface area contributed by atoms with Crippen molar-refractivity contribution in [1.82, 2.24) is 0 Å². The summed E-state index contributed by atoms with van der Waals surface area (Å²) < 4.78 is 4.72. The number of benzene rings is 1. The Bertz CT molecular complexity index is 537. The van der Waals surface area contributed by atoms with Crippen molar-refractivity contribution in [1.29, 1.82) is 5.26 Å². The second-order valence-corrected chi connectivity index (χ2v) is 3.48. The highest BCUT2D eigenvalue weighted by molar-refractivity contribution is 6.17. The molecule has 0 N–H and O–H groups in total. The van der Waals surface area contributed by atoms with Crippen molar-refractivity contribution in [3.05, 3.63) is 38.9 Å². The van der Waals surface area contributed by atoms with Gasteiger partial charge in [-0.15, -0.1) is 11.6 Å². The summed E-state index contributed by atoms with van der Waals surface area (Å²) in [5.41, 5.74) is -0.571. The number of hydrogen-bond acceptors (Lipinski definition) is 5. The molecular weight excluding hydrogens is 260 g/mol. The lowest BCUT2D eigenvalue weighted by Gasteiger charge is -2.07. The van der Waals surface area contributed by atoms with Crippen molar-refractivity contribution >= 4 is 23.3 Å². The van der Waals surface area contributed by atoms with Crippen LogP contribution in [0, 0.1) is 21.4 Å². The molecule has 0 atom stereocenters. The second kappa shape index (κ2) is 5.98. The van der Waals surface area contributed by atoms with Gasteiger partial charge in [-0.3, -0.25) is 10.1 Å². The first kappa shape index (κ1) is 13.9. The minimum Gasteiger partial charge on any atom is -0.462 e. The summed E-state index contributed by atoms with van der Waals surface area (Å²) in [6.07, 6.45) is 0. The Labute approximate surface area is 108 Å². The van der Waals surface area contributed by atoms with Crippen LogP contribution in [0.2, 0.25) is 0 Å². The van der Waals surface area contributed by atoms with E-state index in [-0.39, 0.29) is 29.2 Å². The Morgan fingerprint density at radius 1 is 1.61 bits per heavy atom. The van der Waals surface area contributed by atoms with Crippen molar-refractivity contribution < 1.29 is 14.5 Å². The van der Waals surface area contributed by atoms with Crippen LogP contribution in [0.1, 0.15) is 28.4 Å². The van der Waals surface area contributed by atoms with E-state index in [0.717, 1.165) is 0 Å². The average Bonchev–Trinajstić information content (AvgIpc) is 2.36. The molecule has 0 aliphatic rings. The molecule has 94 valence electrons. The number of alkyl halides is 1. The molecule has 1 aromatic carbocycles. The average molecular weight is 269 g/mol. The van der Waals surface area contributed by atoms with Crippen LogP contribution < -0.4 is 0 Å². The zero-order valence-corrected chi connectivity index (χ0v) is 10.2. The van der Waals surface area contributed by atoms with Crippen LogP contribution >= 0.6 is 11.6 Å². The van der Waals surface area contributed by atoms with E-state index in [1.165, 1.54) is 12.1 Å². The zero-order chi connectivity index (χ0) is 13.7. The van der Waals surface area contributed by atoms with Gasteiger partial charge in [-0.25, -0.2) is 4.79 Å². The quantitative estimate of drug-likeness (QED) is 0.362. The van der Waals surface area contributed by atoms with E-state index in [9.17, 15) is 14.9 Å². The number of nitriles is 1. The molecule has 18 heavy (non-hydrogen) atoms. The van der Waals surface area contributed by atoms with Crippen LogP contribution in [0.15, 0.2) is 12.1 Å². The second-order valence-electron chi connectivity index (χ2n) is 3.21. The van der Waals surface area contributed by atoms with Gasteiger partial charge in [0.1, 0.15) is 5.56 Å². The predicted molar refractivity (Wildman–Crippen MR) is 63.3 cm³/mol. The minimum atomic E-state index is -0.806. The van der Waals surface area contributed by atoms with E-state index >= 15 is 0 Å². The summed E-state index contributed by atoms with van der Waals surface area (Å²) in [5.74, 6) is -1.04. The Morgan fingerprint density at radius 3 is 2.72 bits per heavy atom. The minimum absolute atomic E-state index is 0.0229. The third-order valence-electron chi connectivity index (χ3n) is 2.21. The van der Waals surface area contributed by atoms with Gasteiger partial charge in [0.05, 0.1) is 34.6 Å². The topological polar surface area (TPSA) is 93.2 Å². The first-order chi connectivity index (χ1) is 8.56. The molecule has 0 aliphatic carbocycles. The van der Waals surface area contributed by atoms with Gasteiger partial charge < -0.3 is 4.74 Å². The molecule has 0 heterocycles. The number of carbonyl (C=O) groups is 1. The van der Waals surface area contributed by atoms with Crippen molar-refractivity contribution in [2.75, 3.05) is 6.61 Å². The third kappa shape index (κ3) is 2.57. The van der Waals surface area contributed by atoms with Crippen LogP contribution in [0.4, 0.5) is 5.69 Å². The lowest BCUT2D eigenvalue weighted by atomic mass is 10.0. The smallest absolute Gasteiger partial charge is 0.345 e. The number of ether oxygens (including phenoxy) is 1. The Hall–Kier alpha value is -2.13. The van der Waals surface area contributed by atoms with Crippen LogP contribution in [0.3, 0.4) is 0 Å². The van der Waals surface area contributed by atoms with E-state index in [0.29, 0.717) is 0 Å². The number of halogens is 1. The van der Waals surface area contributed by atoms with Gasteiger partial charge in [0.25, 0.3) is 5.69 Å². The molecule has 0 fully saturated rings. The summed E-state index contributed by atoms with van der Waals surface area (Å²) >= 11 is 5.61. The number of rotatable bonds is 4. The molecule has 0 bridgehead atoms. The van der Waals surface area contributed by atoms with Crippen LogP contribution in [-0.4, -0.2) is 17.5 Å².